The van der Waals surface area contributed by atoms with Crippen LogP contribution in [0.25, 0.3) is 50.3 Å². The summed E-state index contributed by atoms with van der Waals surface area (Å²) in [4.78, 5) is 22.6. The summed E-state index contributed by atoms with van der Waals surface area (Å²) in [5.41, 5.74) is 4.74. The first kappa shape index (κ1) is 33.8. The number of pyridine rings is 2. The minimum atomic E-state index is 0. The summed E-state index contributed by atoms with van der Waals surface area (Å²) in [5, 5.41) is 1.86. The van der Waals surface area contributed by atoms with E-state index in [1.54, 1.807) is 12.4 Å². The molecule has 0 saturated heterocycles. The van der Waals surface area contributed by atoms with Gasteiger partial charge in [0, 0.05) is 35.4 Å². The first-order valence-electron chi connectivity index (χ1n) is 14.9. The van der Waals surface area contributed by atoms with Crippen molar-refractivity contribution in [1.29, 1.82) is 0 Å². The molecule has 0 spiro atoms. The zero-order chi connectivity index (χ0) is 31.7. The maximum Gasteiger partial charge on any atom is 2.00 e. The van der Waals surface area contributed by atoms with Crippen LogP contribution in [0.2, 0.25) is 0 Å². The van der Waals surface area contributed by atoms with Crippen LogP contribution in [-0.2, 0) is 40.8 Å². The van der Waals surface area contributed by atoms with E-state index in [1.165, 1.54) is 0 Å². The molecule has 0 atom stereocenters. The summed E-state index contributed by atoms with van der Waals surface area (Å²) in [6, 6.07) is 44.3. The van der Waals surface area contributed by atoms with Gasteiger partial charge in [0.2, 0.25) is 5.95 Å². The van der Waals surface area contributed by atoms with Gasteiger partial charge in [0.15, 0.2) is 0 Å². The third-order valence-corrected chi connectivity index (χ3v) is 7.44. The molecule has 49 heavy (non-hydrogen) atoms. The van der Waals surface area contributed by atoms with E-state index in [-0.39, 0.29) is 40.8 Å². The normalized spacial score (nSPS) is 10.7. The Kier molecular flexibility index (Phi) is 10.1. The van der Waals surface area contributed by atoms with E-state index < -0.39 is 0 Å². The van der Waals surface area contributed by atoms with Gasteiger partial charge in [-0.2, -0.15) is 32.9 Å². The molecule has 4 aromatic heterocycles. The van der Waals surface area contributed by atoms with Gasteiger partial charge in [0.1, 0.15) is 11.6 Å². The first-order valence-corrected chi connectivity index (χ1v) is 14.9. The molecule has 8 rings (SSSR count). The Labute approximate surface area is 310 Å². The third-order valence-electron chi connectivity index (χ3n) is 7.44. The van der Waals surface area contributed by atoms with Gasteiger partial charge >= 0.3 is 40.8 Å². The Bertz CT molecular complexity index is 2240. The van der Waals surface area contributed by atoms with Crippen LogP contribution in [0, 0.1) is 38.1 Å². The standard InChI is InChI=1S/C39H24N6O2.2Pd/c1-25-42-26(2)44-39(43-25)45-37-23-31(46-29-11-7-9-27(21-29)35-13-3-5-19-40-35)15-17-33(37)34-18-16-32(24-38(34)45)47-30-12-8-10-28(22-30)36-14-4-6-20-41-36;;/h3-20H,1-2H3;;/q-4;2*+2. The van der Waals surface area contributed by atoms with Gasteiger partial charge in [-0.15, -0.1) is 71.8 Å². The number of hydrogen-bond donors (Lipinski definition) is 0. The molecule has 4 heterocycles. The average Bonchev–Trinajstić information content (AvgIpc) is 3.41. The van der Waals surface area contributed by atoms with E-state index in [4.69, 9.17) is 9.47 Å². The first-order chi connectivity index (χ1) is 23.1. The Balaban J connectivity index is 0.00000208. The second-order valence-electron chi connectivity index (χ2n) is 10.7. The SMILES string of the molecule is Cc1nc(C)nc(-n2c3[c-]c(Oc4[c-]c(-c5ccccn5)ccc4)ccc3c3ccc(Oc4[c-]c(-c5ccccn5)ccc4)[c-]c32)n1.[Pd+2].[Pd+2]. The number of ether oxygens (including phenoxy) is 2. The van der Waals surface area contributed by atoms with Crippen molar-refractivity contribution in [3.63, 3.8) is 0 Å². The second kappa shape index (κ2) is 14.6. The van der Waals surface area contributed by atoms with Crippen LogP contribution in [0.1, 0.15) is 11.6 Å². The predicted molar refractivity (Wildman–Crippen MR) is 178 cm³/mol. The molecule has 8 nitrogen and oxygen atoms in total. The van der Waals surface area contributed by atoms with Crippen molar-refractivity contribution in [1.82, 2.24) is 29.5 Å². The maximum atomic E-state index is 6.28. The molecular weight excluding hydrogens is 797 g/mol. The maximum absolute atomic E-state index is 6.28. The van der Waals surface area contributed by atoms with Gasteiger partial charge in [0.25, 0.3) is 0 Å². The summed E-state index contributed by atoms with van der Waals surface area (Å²) in [7, 11) is 0. The molecule has 0 unspecified atom stereocenters. The molecule has 10 heteroatoms. The number of benzene rings is 4. The minimum Gasteiger partial charge on any atom is -0.503 e. The Morgan fingerprint density at radius 3 is 1.41 bits per heavy atom. The number of nitrogens with zero attached hydrogens (tertiary/aromatic N) is 6. The van der Waals surface area contributed by atoms with Crippen LogP contribution in [0.3, 0.4) is 0 Å². The quantitative estimate of drug-likeness (QED) is 0.118. The molecule has 4 aromatic carbocycles. The molecule has 0 N–H and O–H groups in total. The van der Waals surface area contributed by atoms with Crippen LogP contribution in [0.4, 0.5) is 0 Å². The number of aryl methyl sites for hydroxylation is 2. The molecule has 0 aliphatic rings. The van der Waals surface area contributed by atoms with Gasteiger partial charge in [-0.1, -0.05) is 47.4 Å². The molecular formula is C39H24N6O2Pd2. The largest absolute Gasteiger partial charge is 2.00 e. The van der Waals surface area contributed by atoms with Gasteiger partial charge in [-0.05, 0) is 37.4 Å². The van der Waals surface area contributed by atoms with E-state index >= 15 is 0 Å². The van der Waals surface area contributed by atoms with Crippen molar-refractivity contribution in [3.05, 3.63) is 145 Å². The molecule has 0 amide bonds. The molecule has 242 valence electrons. The Morgan fingerprint density at radius 2 is 0.959 bits per heavy atom. The van der Waals surface area contributed by atoms with Crippen LogP contribution >= 0.6 is 0 Å². The van der Waals surface area contributed by atoms with E-state index in [9.17, 15) is 0 Å². The van der Waals surface area contributed by atoms with E-state index in [0.29, 0.717) is 40.6 Å². The molecule has 0 fully saturated rings. The average molecular weight is 822 g/mol. The number of fused-ring (bicyclic) bond motifs is 3. The number of aromatic nitrogens is 6. The van der Waals surface area contributed by atoms with Gasteiger partial charge in [-0.25, -0.2) is 4.98 Å². The number of rotatable bonds is 7. The fourth-order valence-corrected chi connectivity index (χ4v) is 5.44. The predicted octanol–water partition coefficient (Wildman–Crippen LogP) is 8.49. The Morgan fingerprint density at radius 1 is 0.490 bits per heavy atom. The summed E-state index contributed by atoms with van der Waals surface area (Å²) < 4.78 is 14.5. The monoisotopic (exact) mass is 820 g/mol. The van der Waals surface area contributed by atoms with Crippen molar-refractivity contribution in [3.8, 4) is 51.5 Å². The van der Waals surface area contributed by atoms with Crippen molar-refractivity contribution < 1.29 is 50.3 Å². The summed E-state index contributed by atoms with van der Waals surface area (Å²) in [6.45, 7) is 3.69. The van der Waals surface area contributed by atoms with Gasteiger partial charge in [0.05, 0.1) is 0 Å². The third kappa shape index (κ3) is 7.05. The zero-order valence-corrected chi connectivity index (χ0v) is 29.1. The Hall–Kier alpha value is -5.09. The fraction of sp³-hybridized carbons (Fsp3) is 0.0513. The van der Waals surface area contributed by atoms with Gasteiger partial charge in [-0.3, -0.25) is 0 Å². The van der Waals surface area contributed by atoms with Crippen LogP contribution in [0.5, 0.6) is 23.0 Å². The minimum absolute atomic E-state index is 0. The van der Waals surface area contributed by atoms with Crippen molar-refractivity contribution >= 4 is 21.8 Å². The molecule has 0 bridgehead atoms. The van der Waals surface area contributed by atoms with Gasteiger partial charge < -0.3 is 24.0 Å². The molecule has 0 radical (unpaired) electrons. The summed E-state index contributed by atoms with van der Waals surface area (Å²) in [5.74, 6) is 3.76. The van der Waals surface area contributed by atoms with E-state index in [2.05, 4.69) is 49.2 Å². The molecule has 0 aliphatic carbocycles. The van der Waals surface area contributed by atoms with Crippen LogP contribution in [-0.4, -0.2) is 29.5 Å². The smallest absolute Gasteiger partial charge is 0.503 e. The second-order valence-corrected chi connectivity index (χ2v) is 10.7. The van der Waals surface area contributed by atoms with Crippen molar-refractivity contribution in [2.24, 2.45) is 0 Å². The summed E-state index contributed by atoms with van der Waals surface area (Å²) >= 11 is 0. The molecule has 8 aromatic rings. The van der Waals surface area contributed by atoms with Crippen molar-refractivity contribution in [2.45, 2.75) is 13.8 Å². The number of hydrogen-bond acceptors (Lipinski definition) is 7. The zero-order valence-electron chi connectivity index (χ0n) is 26.0. The summed E-state index contributed by atoms with van der Waals surface area (Å²) in [6.07, 6.45) is 3.51. The molecule has 0 aliphatic heterocycles. The topological polar surface area (TPSA) is 87.8 Å². The van der Waals surface area contributed by atoms with Crippen LogP contribution < -0.4 is 9.47 Å². The van der Waals surface area contributed by atoms with E-state index in [0.717, 1.165) is 44.3 Å². The van der Waals surface area contributed by atoms with Crippen molar-refractivity contribution in [2.75, 3.05) is 0 Å². The van der Waals surface area contributed by atoms with Crippen LogP contribution in [0.15, 0.2) is 109 Å². The molecule has 0 saturated carbocycles. The van der Waals surface area contributed by atoms with E-state index in [1.807, 2.05) is 115 Å². The fourth-order valence-electron chi connectivity index (χ4n) is 5.44.